The molecule has 0 aliphatic heterocycles. The van der Waals surface area contributed by atoms with Crippen LogP contribution in [0.5, 0.6) is 0 Å². The predicted molar refractivity (Wildman–Crippen MR) is 67.5 cm³/mol. The molecular weight excluding hydrogens is 238 g/mol. The third-order valence-corrected chi connectivity index (χ3v) is 4.47. The number of nitrogens with zero attached hydrogens (tertiary/aromatic N) is 1. The van der Waals surface area contributed by atoms with E-state index >= 15 is 0 Å². The highest BCUT2D eigenvalue weighted by molar-refractivity contribution is 7.12. The van der Waals surface area contributed by atoms with Gasteiger partial charge in [-0.15, -0.1) is 11.3 Å². The predicted octanol–water partition coefficient (Wildman–Crippen LogP) is 2.74. The molecule has 0 unspecified atom stereocenters. The molecule has 0 saturated heterocycles. The van der Waals surface area contributed by atoms with Crippen molar-refractivity contribution in [1.29, 1.82) is 0 Å². The number of aliphatic carboxylic acids is 1. The summed E-state index contributed by atoms with van der Waals surface area (Å²) in [4.78, 5) is 16.0. The van der Waals surface area contributed by atoms with E-state index in [1.807, 2.05) is 6.92 Å². The molecule has 0 bridgehead atoms. The van der Waals surface area contributed by atoms with E-state index in [1.165, 1.54) is 11.3 Å². The molecule has 17 heavy (non-hydrogen) atoms. The summed E-state index contributed by atoms with van der Waals surface area (Å²) in [6.07, 6.45) is 1.70. The van der Waals surface area contributed by atoms with E-state index in [0.29, 0.717) is 0 Å². The van der Waals surface area contributed by atoms with Gasteiger partial charge in [-0.05, 0) is 19.8 Å². The lowest BCUT2D eigenvalue weighted by Gasteiger charge is -2.27. The monoisotopic (exact) mass is 257 g/mol. The highest BCUT2D eigenvalue weighted by atomic mass is 32.1. The Hall–Kier alpha value is -0.940. The molecule has 0 fully saturated rings. The van der Waals surface area contributed by atoms with Crippen LogP contribution in [-0.4, -0.2) is 23.2 Å². The molecule has 1 aromatic rings. The van der Waals surface area contributed by atoms with Gasteiger partial charge in [0.25, 0.3) is 0 Å². The average Bonchev–Trinajstić information content (AvgIpc) is 2.63. The number of ether oxygens (including phenoxy) is 1. The molecule has 0 atom stereocenters. The van der Waals surface area contributed by atoms with E-state index in [1.54, 1.807) is 7.11 Å². The third-order valence-electron chi connectivity index (χ3n) is 3.13. The van der Waals surface area contributed by atoms with Crippen LogP contribution in [0.2, 0.25) is 0 Å². The molecule has 0 radical (unpaired) electrons. The van der Waals surface area contributed by atoms with Crippen LogP contribution < -0.4 is 0 Å². The second-order valence-corrected chi connectivity index (χ2v) is 5.09. The fourth-order valence-corrected chi connectivity index (χ4v) is 3.22. The number of hydrogen-bond acceptors (Lipinski definition) is 4. The number of carboxylic acids is 1. The van der Waals surface area contributed by atoms with Crippen LogP contribution in [0.25, 0.3) is 0 Å². The SMILES string of the molecule is CCC(CC)(OC)c1nc(C)c(CC(=O)O)s1. The van der Waals surface area contributed by atoms with Gasteiger partial charge in [-0.25, -0.2) is 4.98 Å². The average molecular weight is 257 g/mol. The van der Waals surface area contributed by atoms with E-state index < -0.39 is 5.97 Å². The number of thiazole rings is 1. The van der Waals surface area contributed by atoms with Crippen molar-refractivity contribution in [1.82, 2.24) is 4.98 Å². The zero-order chi connectivity index (χ0) is 13.1. The van der Waals surface area contributed by atoms with E-state index in [-0.39, 0.29) is 12.0 Å². The molecule has 0 amide bonds. The minimum atomic E-state index is -0.820. The topological polar surface area (TPSA) is 59.4 Å². The van der Waals surface area contributed by atoms with Gasteiger partial charge >= 0.3 is 5.97 Å². The van der Waals surface area contributed by atoms with Crippen molar-refractivity contribution in [3.8, 4) is 0 Å². The third kappa shape index (κ3) is 2.84. The molecule has 0 aromatic carbocycles. The largest absolute Gasteiger partial charge is 0.481 e. The number of methoxy groups -OCH3 is 1. The van der Waals surface area contributed by atoms with Crippen molar-refractivity contribution in [2.45, 2.75) is 45.6 Å². The van der Waals surface area contributed by atoms with Gasteiger partial charge in [0.05, 0.1) is 12.1 Å². The molecule has 96 valence electrons. The minimum absolute atomic E-state index is 0.0384. The maximum Gasteiger partial charge on any atom is 0.308 e. The van der Waals surface area contributed by atoms with E-state index in [2.05, 4.69) is 18.8 Å². The quantitative estimate of drug-likeness (QED) is 0.851. The van der Waals surface area contributed by atoms with Crippen LogP contribution in [0.1, 0.15) is 42.3 Å². The zero-order valence-corrected chi connectivity index (χ0v) is 11.6. The van der Waals surface area contributed by atoms with Crippen molar-refractivity contribution >= 4 is 17.3 Å². The number of aryl methyl sites for hydroxylation is 1. The summed E-state index contributed by atoms with van der Waals surface area (Å²) >= 11 is 1.45. The van der Waals surface area contributed by atoms with E-state index in [9.17, 15) is 4.79 Å². The summed E-state index contributed by atoms with van der Waals surface area (Å²) in [7, 11) is 1.68. The molecule has 1 rings (SSSR count). The summed E-state index contributed by atoms with van der Waals surface area (Å²) in [6, 6.07) is 0. The minimum Gasteiger partial charge on any atom is -0.481 e. The van der Waals surface area contributed by atoms with Crippen molar-refractivity contribution in [3.05, 3.63) is 15.6 Å². The fraction of sp³-hybridized carbons (Fsp3) is 0.667. The molecule has 0 saturated carbocycles. The lowest BCUT2D eigenvalue weighted by Crippen LogP contribution is -2.26. The van der Waals surface area contributed by atoms with Gasteiger partial charge in [-0.2, -0.15) is 0 Å². The zero-order valence-electron chi connectivity index (χ0n) is 10.7. The molecular formula is C12H19NO3S. The Kier molecular flexibility index (Phi) is 4.65. The van der Waals surface area contributed by atoms with Crippen LogP contribution in [0.15, 0.2) is 0 Å². The van der Waals surface area contributed by atoms with Gasteiger partial charge in [-0.1, -0.05) is 13.8 Å². The molecule has 1 aromatic heterocycles. The van der Waals surface area contributed by atoms with Crippen LogP contribution in [0.4, 0.5) is 0 Å². The maximum atomic E-state index is 10.7. The molecule has 5 heteroatoms. The van der Waals surface area contributed by atoms with Crippen molar-refractivity contribution < 1.29 is 14.6 Å². The molecule has 0 aliphatic carbocycles. The Labute approximate surface area is 106 Å². The molecule has 4 nitrogen and oxygen atoms in total. The Morgan fingerprint density at radius 3 is 2.47 bits per heavy atom. The van der Waals surface area contributed by atoms with Gasteiger partial charge < -0.3 is 9.84 Å². The smallest absolute Gasteiger partial charge is 0.308 e. The maximum absolute atomic E-state index is 10.7. The van der Waals surface area contributed by atoms with E-state index in [4.69, 9.17) is 9.84 Å². The van der Waals surface area contributed by atoms with Gasteiger partial charge in [0.2, 0.25) is 0 Å². The summed E-state index contributed by atoms with van der Waals surface area (Å²) in [6.45, 7) is 5.96. The summed E-state index contributed by atoms with van der Waals surface area (Å²) in [5.41, 5.74) is 0.433. The second kappa shape index (κ2) is 5.60. The first-order valence-corrected chi connectivity index (χ1v) is 6.54. The second-order valence-electron chi connectivity index (χ2n) is 4.00. The summed E-state index contributed by atoms with van der Waals surface area (Å²) in [5.74, 6) is -0.820. The Morgan fingerprint density at radius 1 is 1.47 bits per heavy atom. The van der Waals surface area contributed by atoms with Crippen molar-refractivity contribution in [2.24, 2.45) is 0 Å². The van der Waals surface area contributed by atoms with Crippen LogP contribution in [0.3, 0.4) is 0 Å². The lowest BCUT2D eigenvalue weighted by molar-refractivity contribution is -0.136. The van der Waals surface area contributed by atoms with Gasteiger partial charge in [-0.3, -0.25) is 4.79 Å². The van der Waals surface area contributed by atoms with Gasteiger partial charge in [0.1, 0.15) is 10.6 Å². The number of carbonyl (C=O) groups is 1. The highest BCUT2D eigenvalue weighted by Crippen LogP contribution is 2.36. The first-order chi connectivity index (χ1) is 7.99. The van der Waals surface area contributed by atoms with Gasteiger partial charge in [0.15, 0.2) is 0 Å². The lowest BCUT2D eigenvalue weighted by atomic mass is 9.98. The summed E-state index contributed by atoms with van der Waals surface area (Å²) < 4.78 is 5.60. The van der Waals surface area contributed by atoms with Gasteiger partial charge in [0, 0.05) is 12.0 Å². The van der Waals surface area contributed by atoms with Crippen LogP contribution in [-0.2, 0) is 21.6 Å². The van der Waals surface area contributed by atoms with Crippen LogP contribution in [0, 0.1) is 6.92 Å². The number of aromatic nitrogens is 1. The standard InChI is InChI=1S/C12H19NO3S/c1-5-12(6-2,16-4)11-13-8(3)9(17-11)7-10(14)15/h5-7H2,1-4H3,(H,14,15). The summed E-state index contributed by atoms with van der Waals surface area (Å²) in [5, 5.41) is 9.71. The number of hydrogen-bond donors (Lipinski definition) is 1. The first-order valence-electron chi connectivity index (χ1n) is 5.72. The Morgan fingerprint density at radius 2 is 2.06 bits per heavy atom. The Balaban J connectivity index is 3.10. The molecule has 1 N–H and O–H groups in total. The van der Waals surface area contributed by atoms with Crippen molar-refractivity contribution in [2.75, 3.05) is 7.11 Å². The van der Waals surface area contributed by atoms with Crippen LogP contribution >= 0.6 is 11.3 Å². The molecule has 0 aliphatic rings. The normalized spacial score (nSPS) is 11.8. The fourth-order valence-electron chi connectivity index (χ4n) is 1.85. The number of rotatable bonds is 6. The molecule has 0 spiro atoms. The number of carboxylic acid groups (broad SMARTS) is 1. The highest BCUT2D eigenvalue weighted by Gasteiger charge is 2.32. The Bertz CT molecular complexity index is 388. The first kappa shape index (κ1) is 14.1. The van der Waals surface area contributed by atoms with Crippen molar-refractivity contribution in [3.63, 3.8) is 0 Å². The van der Waals surface area contributed by atoms with E-state index in [0.717, 1.165) is 28.4 Å². The molecule has 1 heterocycles.